The van der Waals surface area contributed by atoms with Crippen LogP contribution in [0, 0.1) is 24.1 Å². The van der Waals surface area contributed by atoms with Gasteiger partial charge in [-0.05, 0) is 42.8 Å². The summed E-state index contributed by atoms with van der Waals surface area (Å²) in [4.78, 5) is 7.24. The van der Waals surface area contributed by atoms with Gasteiger partial charge in [-0.15, -0.1) is 0 Å². The van der Waals surface area contributed by atoms with Crippen LogP contribution in [0.2, 0.25) is 0 Å². The van der Waals surface area contributed by atoms with E-state index in [2.05, 4.69) is 16.0 Å². The van der Waals surface area contributed by atoms with Gasteiger partial charge in [-0.3, -0.25) is 4.98 Å². The quantitative estimate of drug-likeness (QED) is 0.719. The van der Waals surface area contributed by atoms with Crippen LogP contribution in [0.4, 0.5) is 4.39 Å². The third kappa shape index (κ3) is 1.76. The zero-order chi connectivity index (χ0) is 13.4. The molecule has 0 bridgehead atoms. The number of benzene rings is 1. The Morgan fingerprint density at radius 2 is 2.16 bits per heavy atom. The SMILES string of the molecule is Cc1c(-c2ncccc2F)[nH]c2ccc(C#N)cc12. The van der Waals surface area contributed by atoms with Crippen molar-refractivity contribution in [3.05, 3.63) is 53.5 Å². The number of aromatic nitrogens is 2. The molecule has 0 fully saturated rings. The Morgan fingerprint density at radius 3 is 2.89 bits per heavy atom. The summed E-state index contributed by atoms with van der Waals surface area (Å²) in [6.07, 6.45) is 1.56. The fourth-order valence-electron chi connectivity index (χ4n) is 2.20. The van der Waals surface area contributed by atoms with E-state index in [1.54, 1.807) is 24.4 Å². The number of H-pyrrole nitrogens is 1. The number of nitriles is 1. The van der Waals surface area contributed by atoms with E-state index in [-0.39, 0.29) is 5.82 Å². The second-order valence-electron chi connectivity index (χ2n) is 4.33. The molecule has 0 saturated carbocycles. The van der Waals surface area contributed by atoms with Crippen LogP contribution in [0.3, 0.4) is 0 Å². The van der Waals surface area contributed by atoms with Gasteiger partial charge in [0, 0.05) is 17.1 Å². The Labute approximate surface area is 109 Å². The van der Waals surface area contributed by atoms with Gasteiger partial charge in [0.2, 0.25) is 0 Å². The largest absolute Gasteiger partial charge is 0.353 e. The monoisotopic (exact) mass is 251 g/mol. The predicted molar refractivity (Wildman–Crippen MR) is 70.9 cm³/mol. The molecular weight excluding hydrogens is 241 g/mol. The van der Waals surface area contributed by atoms with Crippen LogP contribution >= 0.6 is 0 Å². The summed E-state index contributed by atoms with van der Waals surface area (Å²) in [5.41, 5.74) is 3.31. The number of halogens is 1. The standard InChI is InChI=1S/C15H10FN3/c1-9-11-7-10(8-17)4-5-13(11)19-14(9)15-12(16)3-2-6-18-15/h2-7,19H,1H3. The first-order chi connectivity index (χ1) is 9.20. The summed E-state index contributed by atoms with van der Waals surface area (Å²) in [6, 6.07) is 10.4. The molecule has 0 radical (unpaired) electrons. The highest BCUT2D eigenvalue weighted by atomic mass is 19.1. The van der Waals surface area contributed by atoms with Crippen molar-refractivity contribution in [3.63, 3.8) is 0 Å². The molecule has 0 amide bonds. The minimum atomic E-state index is -0.363. The Kier molecular flexibility index (Phi) is 2.53. The van der Waals surface area contributed by atoms with Crippen molar-refractivity contribution in [1.29, 1.82) is 5.26 Å². The number of rotatable bonds is 1. The first-order valence-corrected chi connectivity index (χ1v) is 5.84. The van der Waals surface area contributed by atoms with Crippen molar-refractivity contribution < 1.29 is 4.39 Å². The zero-order valence-corrected chi connectivity index (χ0v) is 10.2. The van der Waals surface area contributed by atoms with Crippen molar-refractivity contribution in [3.8, 4) is 17.5 Å². The molecule has 0 aliphatic carbocycles. The van der Waals surface area contributed by atoms with E-state index in [9.17, 15) is 4.39 Å². The maximum Gasteiger partial charge on any atom is 0.151 e. The van der Waals surface area contributed by atoms with Gasteiger partial charge >= 0.3 is 0 Å². The smallest absolute Gasteiger partial charge is 0.151 e. The van der Waals surface area contributed by atoms with Crippen molar-refractivity contribution in [2.24, 2.45) is 0 Å². The molecule has 1 N–H and O–H groups in total. The van der Waals surface area contributed by atoms with Gasteiger partial charge in [0.25, 0.3) is 0 Å². The highest BCUT2D eigenvalue weighted by molar-refractivity contribution is 5.90. The van der Waals surface area contributed by atoms with Crippen molar-refractivity contribution >= 4 is 10.9 Å². The van der Waals surface area contributed by atoms with E-state index >= 15 is 0 Å². The number of aromatic amines is 1. The molecule has 3 rings (SSSR count). The highest BCUT2D eigenvalue weighted by Gasteiger charge is 2.14. The molecule has 19 heavy (non-hydrogen) atoms. The molecule has 0 aliphatic rings. The van der Waals surface area contributed by atoms with E-state index < -0.39 is 0 Å². The fourth-order valence-corrected chi connectivity index (χ4v) is 2.20. The number of nitrogens with one attached hydrogen (secondary N) is 1. The van der Waals surface area contributed by atoms with Crippen LogP contribution in [-0.2, 0) is 0 Å². The minimum Gasteiger partial charge on any atom is -0.353 e. The van der Waals surface area contributed by atoms with Gasteiger partial charge in [0.1, 0.15) is 5.69 Å². The summed E-state index contributed by atoms with van der Waals surface area (Å²) < 4.78 is 13.8. The van der Waals surface area contributed by atoms with Gasteiger partial charge in [0.15, 0.2) is 5.82 Å². The van der Waals surface area contributed by atoms with Crippen molar-refractivity contribution in [2.75, 3.05) is 0 Å². The minimum absolute atomic E-state index is 0.301. The summed E-state index contributed by atoms with van der Waals surface area (Å²) in [5, 5.41) is 9.84. The molecule has 0 unspecified atom stereocenters. The molecule has 0 aliphatic heterocycles. The summed E-state index contributed by atoms with van der Waals surface area (Å²) in [6.45, 7) is 1.89. The summed E-state index contributed by atoms with van der Waals surface area (Å²) >= 11 is 0. The Hall–Kier alpha value is -2.67. The van der Waals surface area contributed by atoms with Crippen LogP contribution in [0.25, 0.3) is 22.3 Å². The molecule has 0 spiro atoms. The highest BCUT2D eigenvalue weighted by Crippen LogP contribution is 2.30. The third-order valence-electron chi connectivity index (χ3n) is 3.18. The van der Waals surface area contributed by atoms with Gasteiger partial charge < -0.3 is 4.98 Å². The van der Waals surface area contributed by atoms with Gasteiger partial charge in [-0.2, -0.15) is 5.26 Å². The average Bonchev–Trinajstić information content (AvgIpc) is 2.76. The molecule has 0 saturated heterocycles. The van der Waals surface area contributed by atoms with E-state index in [4.69, 9.17) is 5.26 Å². The molecule has 4 heteroatoms. The molecule has 2 aromatic heterocycles. The van der Waals surface area contributed by atoms with Crippen LogP contribution in [-0.4, -0.2) is 9.97 Å². The van der Waals surface area contributed by atoms with E-state index in [0.717, 1.165) is 16.5 Å². The topological polar surface area (TPSA) is 52.5 Å². The lowest BCUT2D eigenvalue weighted by atomic mass is 10.1. The number of pyridine rings is 1. The van der Waals surface area contributed by atoms with Crippen LogP contribution in [0.5, 0.6) is 0 Å². The van der Waals surface area contributed by atoms with Gasteiger partial charge in [-0.25, -0.2) is 4.39 Å². The maximum atomic E-state index is 13.8. The Morgan fingerprint density at radius 1 is 1.32 bits per heavy atom. The first kappa shape index (κ1) is 11.4. The number of hydrogen-bond acceptors (Lipinski definition) is 2. The molecular formula is C15H10FN3. The van der Waals surface area contributed by atoms with Crippen molar-refractivity contribution in [1.82, 2.24) is 9.97 Å². The summed E-state index contributed by atoms with van der Waals surface area (Å²) in [5.74, 6) is -0.363. The fraction of sp³-hybridized carbons (Fsp3) is 0.0667. The molecule has 2 heterocycles. The van der Waals surface area contributed by atoms with Crippen LogP contribution in [0.1, 0.15) is 11.1 Å². The van der Waals surface area contributed by atoms with Gasteiger partial charge in [-0.1, -0.05) is 0 Å². The van der Waals surface area contributed by atoms with E-state index in [0.29, 0.717) is 17.0 Å². The Balaban J connectivity index is 2.30. The molecule has 0 atom stereocenters. The zero-order valence-electron chi connectivity index (χ0n) is 10.2. The lowest BCUT2D eigenvalue weighted by Crippen LogP contribution is -1.89. The number of nitrogens with zero attached hydrogens (tertiary/aromatic N) is 2. The second-order valence-corrected chi connectivity index (χ2v) is 4.33. The first-order valence-electron chi connectivity index (χ1n) is 5.84. The lowest BCUT2D eigenvalue weighted by Gasteiger charge is -2.00. The number of fused-ring (bicyclic) bond motifs is 1. The average molecular weight is 251 g/mol. The Bertz CT molecular complexity index is 812. The normalized spacial score (nSPS) is 10.6. The number of hydrogen-bond donors (Lipinski definition) is 1. The van der Waals surface area contributed by atoms with E-state index in [1.807, 2.05) is 13.0 Å². The number of aryl methyl sites for hydroxylation is 1. The molecule has 3 nitrogen and oxygen atoms in total. The van der Waals surface area contributed by atoms with Crippen LogP contribution in [0.15, 0.2) is 36.5 Å². The molecule has 92 valence electrons. The lowest BCUT2D eigenvalue weighted by molar-refractivity contribution is 0.625. The maximum absolute atomic E-state index is 13.8. The van der Waals surface area contributed by atoms with E-state index in [1.165, 1.54) is 6.07 Å². The van der Waals surface area contributed by atoms with Gasteiger partial charge in [0.05, 0.1) is 17.3 Å². The second kappa shape index (κ2) is 4.21. The van der Waals surface area contributed by atoms with Crippen LogP contribution < -0.4 is 0 Å². The summed E-state index contributed by atoms with van der Waals surface area (Å²) in [7, 11) is 0. The third-order valence-corrected chi connectivity index (χ3v) is 3.18. The molecule has 3 aromatic rings. The molecule has 1 aromatic carbocycles. The van der Waals surface area contributed by atoms with Crippen molar-refractivity contribution in [2.45, 2.75) is 6.92 Å². The predicted octanol–water partition coefficient (Wildman–Crippen LogP) is 3.55.